The van der Waals surface area contributed by atoms with Gasteiger partial charge in [0.1, 0.15) is 5.82 Å². The lowest BCUT2D eigenvalue weighted by Crippen LogP contribution is -2.28. The first-order chi connectivity index (χ1) is 9.15. The third-order valence-electron chi connectivity index (χ3n) is 2.60. The maximum absolute atomic E-state index is 13.1. The number of urea groups is 1. The van der Waals surface area contributed by atoms with Gasteiger partial charge >= 0.3 is 6.03 Å². The largest absolute Gasteiger partial charge is 0.332 e. The zero-order chi connectivity index (χ0) is 13.7. The van der Waals surface area contributed by atoms with E-state index in [9.17, 15) is 9.18 Å². The summed E-state index contributed by atoms with van der Waals surface area (Å²) in [7, 11) is 0. The summed E-state index contributed by atoms with van der Waals surface area (Å²) in [5, 5.41) is 5.26. The average molecular weight is 259 g/mol. The fourth-order valence-corrected chi connectivity index (χ4v) is 1.57. The molecule has 0 saturated carbocycles. The van der Waals surface area contributed by atoms with Gasteiger partial charge in [-0.3, -0.25) is 4.98 Å². The minimum absolute atomic E-state index is 0.320. The molecule has 1 heterocycles. The number of anilines is 1. The molecular weight excluding hydrogens is 245 g/mol. The van der Waals surface area contributed by atoms with E-state index in [1.165, 1.54) is 12.1 Å². The van der Waals surface area contributed by atoms with E-state index in [2.05, 4.69) is 15.6 Å². The van der Waals surface area contributed by atoms with Crippen LogP contribution in [0.15, 0.2) is 42.6 Å². The lowest BCUT2D eigenvalue weighted by atomic mass is 10.2. The summed E-state index contributed by atoms with van der Waals surface area (Å²) in [5.74, 6) is -0.384. The van der Waals surface area contributed by atoms with Crippen LogP contribution in [-0.2, 0) is 6.54 Å². The summed E-state index contributed by atoms with van der Waals surface area (Å²) in [4.78, 5) is 15.8. The van der Waals surface area contributed by atoms with Gasteiger partial charge in [-0.2, -0.15) is 0 Å². The summed E-state index contributed by atoms with van der Waals surface area (Å²) in [6, 6.07) is 9.33. The first kappa shape index (κ1) is 13.0. The zero-order valence-corrected chi connectivity index (χ0v) is 10.5. The standard InChI is InChI=1S/C14H14FN3O/c1-10-5-6-11(15)8-13(10)18-14(19)17-9-12-4-2-3-7-16-12/h2-8H,9H2,1H3,(H2,17,18,19). The SMILES string of the molecule is Cc1ccc(F)cc1NC(=O)NCc1ccccn1. The third-order valence-corrected chi connectivity index (χ3v) is 2.60. The predicted octanol–water partition coefficient (Wildman–Crippen LogP) is 2.85. The van der Waals surface area contributed by atoms with E-state index in [-0.39, 0.29) is 11.8 Å². The van der Waals surface area contributed by atoms with Crippen LogP contribution in [0.3, 0.4) is 0 Å². The van der Waals surface area contributed by atoms with E-state index in [0.717, 1.165) is 11.3 Å². The maximum atomic E-state index is 13.1. The molecule has 0 aliphatic heterocycles. The molecule has 0 saturated heterocycles. The Hall–Kier alpha value is -2.43. The van der Waals surface area contributed by atoms with Crippen LogP contribution in [0.4, 0.5) is 14.9 Å². The Balaban J connectivity index is 1.93. The van der Waals surface area contributed by atoms with Gasteiger partial charge in [0.05, 0.1) is 12.2 Å². The molecule has 2 amide bonds. The number of hydrogen-bond donors (Lipinski definition) is 2. The lowest BCUT2D eigenvalue weighted by Gasteiger charge is -2.09. The number of pyridine rings is 1. The van der Waals surface area contributed by atoms with Crippen LogP contribution < -0.4 is 10.6 Å². The van der Waals surface area contributed by atoms with Crippen LogP contribution in [0.25, 0.3) is 0 Å². The number of amides is 2. The monoisotopic (exact) mass is 259 g/mol. The lowest BCUT2D eigenvalue weighted by molar-refractivity contribution is 0.251. The fraction of sp³-hybridized carbons (Fsp3) is 0.143. The second-order valence-corrected chi connectivity index (χ2v) is 4.09. The Bertz CT molecular complexity index is 572. The van der Waals surface area contributed by atoms with E-state index in [1.54, 1.807) is 25.3 Å². The second-order valence-electron chi connectivity index (χ2n) is 4.09. The highest BCUT2D eigenvalue weighted by molar-refractivity contribution is 5.89. The first-order valence-electron chi connectivity index (χ1n) is 5.86. The molecule has 0 bridgehead atoms. The molecule has 2 aromatic rings. The molecule has 0 fully saturated rings. The molecule has 98 valence electrons. The second kappa shape index (κ2) is 5.95. The van der Waals surface area contributed by atoms with Crippen molar-refractivity contribution in [3.05, 3.63) is 59.7 Å². The molecular formula is C14H14FN3O. The normalized spacial score (nSPS) is 10.0. The minimum atomic E-state index is -0.389. The Morgan fingerprint density at radius 3 is 2.89 bits per heavy atom. The van der Waals surface area contributed by atoms with E-state index in [4.69, 9.17) is 0 Å². The van der Waals surface area contributed by atoms with Gasteiger partial charge in [0.15, 0.2) is 0 Å². The zero-order valence-electron chi connectivity index (χ0n) is 10.5. The molecule has 2 rings (SSSR count). The van der Waals surface area contributed by atoms with Gasteiger partial charge in [-0.1, -0.05) is 12.1 Å². The van der Waals surface area contributed by atoms with Crippen LogP contribution in [0, 0.1) is 12.7 Å². The number of hydrogen-bond acceptors (Lipinski definition) is 2. The van der Waals surface area contributed by atoms with Crippen molar-refractivity contribution in [1.29, 1.82) is 0 Å². The fourth-order valence-electron chi connectivity index (χ4n) is 1.57. The average Bonchev–Trinajstić information content (AvgIpc) is 2.42. The van der Waals surface area contributed by atoms with Crippen LogP contribution >= 0.6 is 0 Å². The van der Waals surface area contributed by atoms with Crippen molar-refractivity contribution < 1.29 is 9.18 Å². The number of nitrogens with one attached hydrogen (secondary N) is 2. The van der Waals surface area contributed by atoms with E-state index >= 15 is 0 Å². The Labute approximate surface area is 110 Å². The molecule has 0 aliphatic rings. The molecule has 19 heavy (non-hydrogen) atoms. The molecule has 0 spiro atoms. The Morgan fingerprint density at radius 1 is 1.32 bits per heavy atom. The van der Waals surface area contributed by atoms with Crippen LogP contribution in [-0.4, -0.2) is 11.0 Å². The van der Waals surface area contributed by atoms with E-state index in [1.807, 2.05) is 12.1 Å². The molecule has 4 nitrogen and oxygen atoms in total. The summed E-state index contributed by atoms with van der Waals surface area (Å²) < 4.78 is 13.1. The van der Waals surface area contributed by atoms with Crippen LogP contribution in [0.2, 0.25) is 0 Å². The van der Waals surface area contributed by atoms with Gasteiger partial charge in [0.25, 0.3) is 0 Å². The minimum Gasteiger partial charge on any atom is -0.332 e. The van der Waals surface area contributed by atoms with Gasteiger partial charge in [-0.05, 0) is 36.8 Å². The van der Waals surface area contributed by atoms with Crippen molar-refractivity contribution in [3.8, 4) is 0 Å². The number of aryl methyl sites for hydroxylation is 1. The molecule has 2 N–H and O–H groups in total. The number of rotatable bonds is 3. The number of carbonyl (C=O) groups is 1. The Kier molecular flexibility index (Phi) is 4.07. The van der Waals surface area contributed by atoms with Gasteiger partial charge in [-0.15, -0.1) is 0 Å². The molecule has 0 unspecified atom stereocenters. The summed E-state index contributed by atoms with van der Waals surface area (Å²) >= 11 is 0. The van der Waals surface area contributed by atoms with Crippen molar-refractivity contribution in [2.75, 3.05) is 5.32 Å². The van der Waals surface area contributed by atoms with Gasteiger partial charge < -0.3 is 10.6 Å². The summed E-state index contributed by atoms with van der Waals surface area (Å²) in [6.07, 6.45) is 1.66. The summed E-state index contributed by atoms with van der Waals surface area (Å²) in [5.41, 5.74) is 2.02. The van der Waals surface area contributed by atoms with Crippen molar-refractivity contribution in [2.45, 2.75) is 13.5 Å². The maximum Gasteiger partial charge on any atom is 0.319 e. The van der Waals surface area contributed by atoms with Crippen molar-refractivity contribution in [2.24, 2.45) is 0 Å². The van der Waals surface area contributed by atoms with Crippen molar-refractivity contribution in [1.82, 2.24) is 10.3 Å². The van der Waals surface area contributed by atoms with Gasteiger partial charge in [0.2, 0.25) is 0 Å². The highest BCUT2D eigenvalue weighted by Crippen LogP contribution is 2.15. The topological polar surface area (TPSA) is 54.0 Å². The summed E-state index contributed by atoms with van der Waals surface area (Å²) in [6.45, 7) is 2.12. The molecule has 0 radical (unpaired) electrons. The predicted molar refractivity (Wildman–Crippen MR) is 71.2 cm³/mol. The number of aromatic nitrogens is 1. The van der Waals surface area contributed by atoms with Gasteiger partial charge in [-0.25, -0.2) is 9.18 Å². The van der Waals surface area contributed by atoms with Gasteiger partial charge in [0, 0.05) is 11.9 Å². The third kappa shape index (κ3) is 3.77. The molecule has 5 heteroatoms. The number of benzene rings is 1. The molecule has 0 atom stereocenters. The van der Waals surface area contributed by atoms with Crippen molar-refractivity contribution in [3.63, 3.8) is 0 Å². The van der Waals surface area contributed by atoms with Crippen molar-refractivity contribution >= 4 is 11.7 Å². The van der Waals surface area contributed by atoms with E-state index < -0.39 is 0 Å². The highest BCUT2D eigenvalue weighted by atomic mass is 19.1. The van der Waals surface area contributed by atoms with E-state index in [0.29, 0.717) is 12.2 Å². The Morgan fingerprint density at radius 2 is 2.16 bits per heavy atom. The highest BCUT2D eigenvalue weighted by Gasteiger charge is 2.05. The first-order valence-corrected chi connectivity index (χ1v) is 5.86. The molecule has 0 aliphatic carbocycles. The van der Waals surface area contributed by atoms with Crippen LogP contribution in [0.5, 0.6) is 0 Å². The number of halogens is 1. The quantitative estimate of drug-likeness (QED) is 0.890. The smallest absolute Gasteiger partial charge is 0.319 e. The number of nitrogens with zero attached hydrogens (tertiary/aromatic N) is 1. The van der Waals surface area contributed by atoms with Crippen LogP contribution in [0.1, 0.15) is 11.3 Å². The molecule has 1 aromatic carbocycles. The number of carbonyl (C=O) groups excluding carboxylic acids is 1. The molecule has 1 aromatic heterocycles.